The molecule has 1 heterocycles. The summed E-state index contributed by atoms with van der Waals surface area (Å²) < 4.78 is 4.94. The number of terminal acetylenes is 1. The number of hydrogen-bond donors (Lipinski definition) is 0. The van der Waals surface area contributed by atoms with Crippen LogP contribution in [0, 0.1) is 12.3 Å². The van der Waals surface area contributed by atoms with E-state index >= 15 is 0 Å². The van der Waals surface area contributed by atoms with Crippen LogP contribution in [0.15, 0.2) is 18.3 Å². The molecule has 0 aliphatic carbocycles. The third kappa shape index (κ3) is 2.31. The van der Waals surface area contributed by atoms with Gasteiger partial charge >= 0.3 is 5.97 Å². The number of ether oxygens (including phenoxy) is 1. The Morgan fingerprint density at radius 2 is 2.54 bits per heavy atom. The molecule has 13 heavy (non-hydrogen) atoms. The van der Waals surface area contributed by atoms with Crippen molar-refractivity contribution in [3.05, 3.63) is 24.0 Å². The molecule has 0 radical (unpaired) electrons. The lowest BCUT2D eigenvalue weighted by molar-refractivity contribution is -0.134. The summed E-state index contributed by atoms with van der Waals surface area (Å²) in [4.78, 5) is 14.8. The Morgan fingerprint density at radius 3 is 3.15 bits per heavy atom. The fourth-order valence-electron chi connectivity index (χ4n) is 0.776. The first kappa shape index (κ1) is 9.27. The summed E-state index contributed by atoms with van der Waals surface area (Å²) in [5.74, 6) is 2.37. The van der Waals surface area contributed by atoms with E-state index in [0.29, 0.717) is 17.9 Å². The van der Waals surface area contributed by atoms with Gasteiger partial charge in [-0.15, -0.1) is 6.42 Å². The summed E-state index contributed by atoms with van der Waals surface area (Å²) in [5.41, 5.74) is 0.351. The van der Waals surface area contributed by atoms with Gasteiger partial charge in [-0.25, -0.2) is 4.98 Å². The second kappa shape index (κ2) is 4.27. The average molecular weight is 175 g/mol. The normalized spacial score (nSPS) is 8.92. The average Bonchev–Trinajstić information content (AvgIpc) is 2.18. The van der Waals surface area contributed by atoms with E-state index in [1.165, 1.54) is 0 Å². The van der Waals surface area contributed by atoms with Gasteiger partial charge in [0.1, 0.15) is 0 Å². The number of hydrogen-bond acceptors (Lipinski definition) is 3. The van der Waals surface area contributed by atoms with Crippen LogP contribution >= 0.6 is 0 Å². The van der Waals surface area contributed by atoms with Gasteiger partial charge in [-0.05, 0) is 18.1 Å². The second-order valence-corrected chi connectivity index (χ2v) is 2.32. The highest BCUT2D eigenvalue weighted by atomic mass is 16.5. The smallest absolute Gasteiger partial charge is 0.310 e. The number of carbonyl (C=O) groups excluding carboxylic acids is 1. The van der Waals surface area contributed by atoms with E-state index in [0.717, 1.165) is 0 Å². The summed E-state index contributed by atoms with van der Waals surface area (Å²) in [6.07, 6.45) is 7.04. The summed E-state index contributed by atoms with van der Waals surface area (Å²) >= 11 is 0. The zero-order chi connectivity index (χ0) is 9.68. The Hall–Kier alpha value is -1.82. The molecule has 0 saturated heterocycles. The first-order chi connectivity index (χ1) is 6.27. The number of nitrogens with zero attached hydrogens (tertiary/aromatic N) is 1. The van der Waals surface area contributed by atoms with Crippen molar-refractivity contribution in [1.82, 2.24) is 4.98 Å². The SMILES string of the molecule is C#Cc1ncccc1OC(=O)CC. The van der Waals surface area contributed by atoms with E-state index in [1.54, 1.807) is 25.3 Å². The zero-order valence-corrected chi connectivity index (χ0v) is 7.28. The summed E-state index contributed by atoms with van der Waals surface area (Å²) in [6.45, 7) is 1.72. The van der Waals surface area contributed by atoms with E-state index in [2.05, 4.69) is 10.9 Å². The predicted molar refractivity (Wildman–Crippen MR) is 48.1 cm³/mol. The molecule has 0 unspecified atom stereocenters. The lowest BCUT2D eigenvalue weighted by Gasteiger charge is -2.02. The van der Waals surface area contributed by atoms with Crippen LogP contribution in [-0.4, -0.2) is 11.0 Å². The lowest BCUT2D eigenvalue weighted by atomic mass is 10.3. The van der Waals surface area contributed by atoms with Crippen molar-refractivity contribution in [2.45, 2.75) is 13.3 Å². The monoisotopic (exact) mass is 175 g/mol. The number of esters is 1. The van der Waals surface area contributed by atoms with Gasteiger partial charge in [0.05, 0.1) is 0 Å². The highest BCUT2D eigenvalue weighted by Crippen LogP contribution is 2.14. The van der Waals surface area contributed by atoms with Gasteiger partial charge in [-0.3, -0.25) is 4.79 Å². The highest BCUT2D eigenvalue weighted by Gasteiger charge is 2.05. The van der Waals surface area contributed by atoms with Crippen LogP contribution in [-0.2, 0) is 4.79 Å². The molecular formula is C10H9NO2. The van der Waals surface area contributed by atoms with Crippen LogP contribution in [0.1, 0.15) is 19.0 Å². The maximum Gasteiger partial charge on any atom is 0.310 e. The van der Waals surface area contributed by atoms with Crippen LogP contribution in [0.2, 0.25) is 0 Å². The molecule has 0 bridgehead atoms. The van der Waals surface area contributed by atoms with Crippen molar-refractivity contribution in [3.63, 3.8) is 0 Å². The van der Waals surface area contributed by atoms with Crippen molar-refractivity contribution >= 4 is 5.97 Å². The maximum atomic E-state index is 10.9. The minimum atomic E-state index is -0.315. The molecule has 0 aromatic carbocycles. The number of rotatable bonds is 2. The second-order valence-electron chi connectivity index (χ2n) is 2.32. The van der Waals surface area contributed by atoms with Crippen molar-refractivity contribution in [1.29, 1.82) is 0 Å². The maximum absolute atomic E-state index is 10.9. The molecule has 0 saturated carbocycles. The van der Waals surface area contributed by atoms with Crippen LogP contribution in [0.3, 0.4) is 0 Å². The summed E-state index contributed by atoms with van der Waals surface area (Å²) in [7, 11) is 0. The standard InChI is InChI=1S/C10H9NO2/c1-3-8-9(6-5-7-11-8)13-10(12)4-2/h1,5-7H,4H2,2H3. The van der Waals surface area contributed by atoms with Crippen LogP contribution in [0.5, 0.6) is 5.75 Å². The van der Waals surface area contributed by atoms with Crippen molar-refractivity contribution in [3.8, 4) is 18.1 Å². The third-order valence-electron chi connectivity index (χ3n) is 1.42. The largest absolute Gasteiger partial charge is 0.423 e. The Labute approximate surface area is 76.8 Å². The van der Waals surface area contributed by atoms with E-state index in [9.17, 15) is 4.79 Å². The predicted octanol–water partition coefficient (Wildman–Crippen LogP) is 1.38. The number of aromatic nitrogens is 1. The molecule has 1 aromatic rings. The molecule has 1 aromatic heterocycles. The minimum absolute atomic E-state index is 0.315. The van der Waals surface area contributed by atoms with Gasteiger partial charge < -0.3 is 4.74 Å². The van der Waals surface area contributed by atoms with Crippen LogP contribution < -0.4 is 4.74 Å². The Balaban J connectivity index is 2.89. The highest BCUT2D eigenvalue weighted by molar-refractivity contribution is 5.72. The molecule has 0 aliphatic heterocycles. The first-order valence-electron chi connectivity index (χ1n) is 3.90. The Morgan fingerprint density at radius 1 is 1.77 bits per heavy atom. The van der Waals surface area contributed by atoms with Gasteiger partial charge in [0, 0.05) is 12.6 Å². The third-order valence-corrected chi connectivity index (χ3v) is 1.42. The number of pyridine rings is 1. The molecule has 0 atom stereocenters. The number of carbonyl (C=O) groups is 1. The van der Waals surface area contributed by atoms with E-state index in [-0.39, 0.29) is 5.97 Å². The van der Waals surface area contributed by atoms with Crippen LogP contribution in [0.4, 0.5) is 0 Å². The first-order valence-corrected chi connectivity index (χ1v) is 3.90. The summed E-state index contributed by atoms with van der Waals surface area (Å²) in [5, 5.41) is 0. The molecule has 0 amide bonds. The Bertz CT molecular complexity index is 352. The van der Waals surface area contributed by atoms with Gasteiger partial charge in [0.2, 0.25) is 0 Å². The molecule has 0 N–H and O–H groups in total. The molecule has 66 valence electrons. The Kier molecular flexibility index (Phi) is 3.04. The fourth-order valence-corrected chi connectivity index (χ4v) is 0.776. The van der Waals surface area contributed by atoms with Gasteiger partial charge in [0.25, 0.3) is 0 Å². The quantitative estimate of drug-likeness (QED) is 0.503. The van der Waals surface area contributed by atoms with Gasteiger partial charge in [-0.1, -0.05) is 6.92 Å². The fraction of sp³-hybridized carbons (Fsp3) is 0.200. The minimum Gasteiger partial charge on any atom is -0.423 e. The van der Waals surface area contributed by atoms with E-state index in [1.807, 2.05) is 0 Å². The van der Waals surface area contributed by atoms with Gasteiger partial charge in [0.15, 0.2) is 11.4 Å². The van der Waals surface area contributed by atoms with Crippen molar-refractivity contribution in [2.24, 2.45) is 0 Å². The van der Waals surface area contributed by atoms with Crippen LogP contribution in [0.25, 0.3) is 0 Å². The van der Waals surface area contributed by atoms with Crippen molar-refractivity contribution < 1.29 is 9.53 Å². The lowest BCUT2D eigenvalue weighted by Crippen LogP contribution is -2.07. The summed E-state index contributed by atoms with van der Waals surface area (Å²) in [6, 6.07) is 3.29. The van der Waals surface area contributed by atoms with E-state index < -0.39 is 0 Å². The molecule has 3 heteroatoms. The topological polar surface area (TPSA) is 39.2 Å². The van der Waals surface area contributed by atoms with Crippen molar-refractivity contribution in [2.75, 3.05) is 0 Å². The molecule has 1 rings (SSSR count). The molecule has 0 spiro atoms. The van der Waals surface area contributed by atoms with Gasteiger partial charge in [-0.2, -0.15) is 0 Å². The van der Waals surface area contributed by atoms with E-state index in [4.69, 9.17) is 11.2 Å². The molecule has 0 aliphatic rings. The zero-order valence-electron chi connectivity index (χ0n) is 7.28. The molecule has 3 nitrogen and oxygen atoms in total. The molecular weight excluding hydrogens is 166 g/mol. The molecule has 0 fully saturated rings.